The molecule has 0 bridgehead atoms. The maximum Gasteiger partial charge on any atom is 0.177 e. The highest BCUT2D eigenvalue weighted by molar-refractivity contribution is 6.45. The first-order valence-electron chi connectivity index (χ1n) is 6.05. The summed E-state index contributed by atoms with van der Waals surface area (Å²) in [5.74, 6) is 0.897. The zero-order chi connectivity index (χ0) is 12.0. The number of aliphatic imine (C=N–C) groups is 1. The molecule has 4 nitrogen and oxygen atoms in total. The Balaban J connectivity index is 2.18. The molecule has 2 unspecified atom stereocenters. The van der Waals surface area contributed by atoms with Crippen molar-refractivity contribution in [3.8, 4) is 0 Å². The Labute approximate surface area is 99.7 Å². The summed E-state index contributed by atoms with van der Waals surface area (Å²) in [6.45, 7) is 0.723. The van der Waals surface area contributed by atoms with Crippen LogP contribution in [-0.2, 0) is 14.3 Å². The second kappa shape index (κ2) is 3.52. The lowest BCUT2D eigenvalue weighted by atomic mass is 9.66. The van der Waals surface area contributed by atoms with E-state index in [0.29, 0.717) is 24.3 Å². The van der Waals surface area contributed by atoms with Crippen molar-refractivity contribution in [1.82, 2.24) is 0 Å². The molecule has 0 radical (unpaired) electrons. The summed E-state index contributed by atoms with van der Waals surface area (Å²) in [7, 11) is 1.57. The van der Waals surface area contributed by atoms with E-state index in [2.05, 4.69) is 4.99 Å². The Morgan fingerprint density at radius 3 is 3.00 bits per heavy atom. The van der Waals surface area contributed by atoms with Crippen LogP contribution < -0.4 is 0 Å². The molecule has 1 spiro atoms. The van der Waals surface area contributed by atoms with Gasteiger partial charge < -0.3 is 4.74 Å². The standard InChI is InChI=1S/C13H15NO3/c1-17-11-7-9(15)5-8-6-10(16)12-13(8,11)3-2-4-14-12/h7-8H,2-6H2,1H3. The summed E-state index contributed by atoms with van der Waals surface area (Å²) in [6.07, 6.45) is 4.32. The molecule has 1 aliphatic heterocycles. The van der Waals surface area contributed by atoms with E-state index in [1.54, 1.807) is 13.2 Å². The summed E-state index contributed by atoms with van der Waals surface area (Å²) in [6, 6.07) is 0. The molecular formula is C13H15NO3. The summed E-state index contributed by atoms with van der Waals surface area (Å²) in [5, 5.41) is 0. The number of hydrogen-bond donors (Lipinski definition) is 0. The van der Waals surface area contributed by atoms with Crippen LogP contribution in [0.25, 0.3) is 0 Å². The van der Waals surface area contributed by atoms with E-state index in [4.69, 9.17) is 4.74 Å². The molecule has 17 heavy (non-hydrogen) atoms. The van der Waals surface area contributed by atoms with Crippen LogP contribution in [0.15, 0.2) is 16.8 Å². The molecular weight excluding hydrogens is 218 g/mol. The van der Waals surface area contributed by atoms with Crippen LogP contribution in [0.1, 0.15) is 25.7 Å². The predicted molar refractivity (Wildman–Crippen MR) is 61.8 cm³/mol. The minimum Gasteiger partial charge on any atom is -0.500 e. The van der Waals surface area contributed by atoms with Gasteiger partial charge in [0, 0.05) is 25.5 Å². The minimum absolute atomic E-state index is 0.0668. The molecule has 0 N–H and O–H groups in total. The average molecular weight is 233 g/mol. The monoisotopic (exact) mass is 233 g/mol. The van der Waals surface area contributed by atoms with Gasteiger partial charge in [-0.1, -0.05) is 0 Å². The highest BCUT2D eigenvalue weighted by Crippen LogP contribution is 2.53. The third kappa shape index (κ3) is 1.27. The molecule has 1 saturated carbocycles. The highest BCUT2D eigenvalue weighted by Gasteiger charge is 2.58. The zero-order valence-corrected chi connectivity index (χ0v) is 9.86. The summed E-state index contributed by atoms with van der Waals surface area (Å²) >= 11 is 0. The van der Waals surface area contributed by atoms with Crippen molar-refractivity contribution in [2.24, 2.45) is 16.3 Å². The van der Waals surface area contributed by atoms with Crippen molar-refractivity contribution in [3.05, 3.63) is 11.8 Å². The van der Waals surface area contributed by atoms with Gasteiger partial charge in [-0.05, 0) is 18.8 Å². The average Bonchev–Trinajstić information content (AvgIpc) is 2.62. The molecule has 3 rings (SSSR count). The van der Waals surface area contributed by atoms with Gasteiger partial charge >= 0.3 is 0 Å². The minimum atomic E-state index is -0.377. The normalized spacial score (nSPS) is 35.9. The molecule has 4 heteroatoms. The first-order valence-corrected chi connectivity index (χ1v) is 6.05. The van der Waals surface area contributed by atoms with Crippen LogP contribution in [-0.4, -0.2) is 30.9 Å². The van der Waals surface area contributed by atoms with Gasteiger partial charge in [-0.25, -0.2) is 0 Å². The second-order valence-corrected chi connectivity index (χ2v) is 5.01. The van der Waals surface area contributed by atoms with Crippen molar-refractivity contribution in [1.29, 1.82) is 0 Å². The number of carbonyl (C=O) groups excluding carboxylic acids is 2. The van der Waals surface area contributed by atoms with E-state index in [-0.39, 0.29) is 22.9 Å². The van der Waals surface area contributed by atoms with Crippen molar-refractivity contribution >= 4 is 17.3 Å². The Kier molecular flexibility index (Phi) is 2.21. The molecule has 1 heterocycles. The van der Waals surface area contributed by atoms with Crippen molar-refractivity contribution in [3.63, 3.8) is 0 Å². The van der Waals surface area contributed by atoms with Crippen LogP contribution in [0.5, 0.6) is 0 Å². The SMILES string of the molecule is COC1=CC(=O)CC2CC(=O)C3=NCCCC132. The van der Waals surface area contributed by atoms with Gasteiger partial charge in [0.05, 0.1) is 18.2 Å². The maximum atomic E-state index is 12.0. The lowest BCUT2D eigenvalue weighted by molar-refractivity contribution is -0.117. The van der Waals surface area contributed by atoms with Crippen molar-refractivity contribution in [2.75, 3.05) is 13.7 Å². The van der Waals surface area contributed by atoms with Crippen molar-refractivity contribution in [2.45, 2.75) is 25.7 Å². The number of carbonyl (C=O) groups is 2. The summed E-state index contributed by atoms with van der Waals surface area (Å²) in [4.78, 5) is 28.1. The Hall–Kier alpha value is -1.45. The zero-order valence-electron chi connectivity index (χ0n) is 9.86. The van der Waals surface area contributed by atoms with Gasteiger partial charge in [0.15, 0.2) is 11.6 Å². The van der Waals surface area contributed by atoms with Crippen LogP contribution in [0.2, 0.25) is 0 Å². The number of rotatable bonds is 1. The fourth-order valence-corrected chi connectivity index (χ4v) is 3.54. The number of ether oxygens (including phenoxy) is 1. The lowest BCUT2D eigenvalue weighted by Crippen LogP contribution is -2.42. The van der Waals surface area contributed by atoms with Crippen molar-refractivity contribution < 1.29 is 14.3 Å². The summed E-state index contributed by atoms with van der Waals surface area (Å²) in [5.41, 5.74) is 0.284. The Bertz CT molecular complexity index is 463. The third-order valence-corrected chi connectivity index (χ3v) is 4.21. The van der Waals surface area contributed by atoms with Gasteiger partial charge in [0.25, 0.3) is 0 Å². The van der Waals surface area contributed by atoms with E-state index in [0.717, 1.165) is 19.4 Å². The number of allylic oxidation sites excluding steroid dienone is 2. The van der Waals surface area contributed by atoms with Crippen LogP contribution >= 0.6 is 0 Å². The molecule has 2 aliphatic carbocycles. The molecule has 1 fully saturated rings. The molecule has 0 aromatic carbocycles. The van der Waals surface area contributed by atoms with E-state index in [1.165, 1.54) is 0 Å². The number of ketones is 2. The first kappa shape index (κ1) is 10.7. The molecule has 0 aromatic heterocycles. The van der Waals surface area contributed by atoms with Crippen LogP contribution in [0.3, 0.4) is 0 Å². The second-order valence-electron chi connectivity index (χ2n) is 5.01. The number of Topliss-reactive ketones (excluding diaryl/α,β-unsaturated/α-hetero) is 1. The highest BCUT2D eigenvalue weighted by atomic mass is 16.5. The molecule has 0 aromatic rings. The fourth-order valence-electron chi connectivity index (χ4n) is 3.54. The smallest absolute Gasteiger partial charge is 0.177 e. The quantitative estimate of drug-likeness (QED) is 0.686. The van der Waals surface area contributed by atoms with Gasteiger partial charge in [0.1, 0.15) is 5.76 Å². The van der Waals surface area contributed by atoms with Gasteiger partial charge in [-0.2, -0.15) is 0 Å². The summed E-state index contributed by atoms with van der Waals surface area (Å²) < 4.78 is 5.39. The van der Waals surface area contributed by atoms with E-state index >= 15 is 0 Å². The Morgan fingerprint density at radius 2 is 2.24 bits per heavy atom. The fraction of sp³-hybridized carbons (Fsp3) is 0.615. The predicted octanol–water partition coefficient (Wildman–Crippen LogP) is 1.30. The van der Waals surface area contributed by atoms with Gasteiger partial charge in [-0.15, -0.1) is 0 Å². The molecule has 2 atom stereocenters. The van der Waals surface area contributed by atoms with Crippen LogP contribution in [0, 0.1) is 11.3 Å². The number of nitrogens with zero attached hydrogens (tertiary/aromatic N) is 1. The molecule has 90 valence electrons. The number of methoxy groups -OCH3 is 1. The molecule has 3 aliphatic rings. The third-order valence-electron chi connectivity index (χ3n) is 4.21. The lowest BCUT2D eigenvalue weighted by Gasteiger charge is -2.40. The van der Waals surface area contributed by atoms with E-state index in [1.807, 2.05) is 0 Å². The first-order chi connectivity index (χ1) is 8.18. The largest absolute Gasteiger partial charge is 0.500 e. The van der Waals surface area contributed by atoms with Gasteiger partial charge in [-0.3, -0.25) is 14.6 Å². The molecule has 0 amide bonds. The maximum absolute atomic E-state index is 12.0. The van der Waals surface area contributed by atoms with Crippen LogP contribution in [0.4, 0.5) is 0 Å². The van der Waals surface area contributed by atoms with Gasteiger partial charge in [0.2, 0.25) is 0 Å². The topological polar surface area (TPSA) is 55.7 Å². The Morgan fingerprint density at radius 1 is 1.41 bits per heavy atom. The van der Waals surface area contributed by atoms with E-state index < -0.39 is 0 Å². The molecule has 0 saturated heterocycles. The number of hydrogen-bond acceptors (Lipinski definition) is 4. The van der Waals surface area contributed by atoms with E-state index in [9.17, 15) is 9.59 Å².